The summed E-state index contributed by atoms with van der Waals surface area (Å²) in [4.78, 5) is 11.3. The van der Waals surface area contributed by atoms with Crippen molar-refractivity contribution < 1.29 is 9.90 Å². The Morgan fingerprint density at radius 2 is 2.00 bits per heavy atom. The Labute approximate surface area is 166 Å². The number of nitrogens with one attached hydrogen (secondary N) is 2. The largest absolute Gasteiger partial charge is 0.481 e. The maximum Gasteiger partial charge on any atom is 0.310 e. The molecule has 0 aromatic heterocycles. The molecule has 6 heteroatoms. The molecule has 0 aliphatic carbocycles. The maximum absolute atomic E-state index is 11.3. The minimum absolute atomic E-state index is 0.439. The van der Waals surface area contributed by atoms with Crippen molar-refractivity contribution in [2.45, 2.75) is 32.1 Å². The van der Waals surface area contributed by atoms with Gasteiger partial charge in [0.1, 0.15) is 6.07 Å². The smallest absolute Gasteiger partial charge is 0.310 e. The highest BCUT2D eigenvalue weighted by Crippen LogP contribution is 2.22. The Kier molecular flexibility index (Phi) is 8.32. The molecule has 2 aromatic carbocycles. The summed E-state index contributed by atoms with van der Waals surface area (Å²) in [6, 6.07) is 15.3. The van der Waals surface area contributed by atoms with Crippen molar-refractivity contribution in [2.75, 3.05) is 30.7 Å². The van der Waals surface area contributed by atoms with E-state index in [-0.39, 0.29) is 0 Å². The van der Waals surface area contributed by atoms with E-state index in [1.165, 1.54) is 0 Å². The first-order valence-electron chi connectivity index (χ1n) is 9.61. The van der Waals surface area contributed by atoms with E-state index in [0.29, 0.717) is 17.7 Å². The topological polar surface area (TPSA) is 111 Å². The van der Waals surface area contributed by atoms with Crippen molar-refractivity contribution >= 4 is 17.3 Å². The molecule has 148 valence electrons. The highest BCUT2D eigenvalue weighted by atomic mass is 16.4. The first-order valence-corrected chi connectivity index (χ1v) is 9.61. The Morgan fingerprint density at radius 3 is 2.71 bits per heavy atom. The van der Waals surface area contributed by atoms with Gasteiger partial charge in [0.2, 0.25) is 0 Å². The highest BCUT2D eigenvalue weighted by Gasteiger charge is 2.17. The van der Waals surface area contributed by atoms with Gasteiger partial charge in [-0.25, -0.2) is 0 Å². The van der Waals surface area contributed by atoms with Crippen molar-refractivity contribution in [3.8, 4) is 6.07 Å². The fourth-order valence-electron chi connectivity index (χ4n) is 3.13. The molecule has 1 unspecified atom stereocenters. The van der Waals surface area contributed by atoms with Gasteiger partial charge in [0.15, 0.2) is 0 Å². The van der Waals surface area contributed by atoms with E-state index in [1.807, 2.05) is 43.3 Å². The molecule has 0 fully saturated rings. The first kappa shape index (κ1) is 21.3. The minimum atomic E-state index is -0.772. The molecule has 0 aliphatic rings. The van der Waals surface area contributed by atoms with Crippen LogP contribution < -0.4 is 16.4 Å². The van der Waals surface area contributed by atoms with Gasteiger partial charge in [-0.1, -0.05) is 37.3 Å². The van der Waals surface area contributed by atoms with Crippen LogP contribution >= 0.6 is 0 Å². The maximum atomic E-state index is 11.3. The zero-order chi connectivity index (χ0) is 20.4. The van der Waals surface area contributed by atoms with E-state index < -0.39 is 11.9 Å². The average molecular weight is 380 g/mol. The highest BCUT2D eigenvalue weighted by molar-refractivity contribution is 5.76. The number of carbonyl (C=O) groups is 1. The molecule has 0 saturated heterocycles. The third-order valence-corrected chi connectivity index (χ3v) is 4.72. The molecule has 2 rings (SSSR count). The zero-order valence-electron chi connectivity index (χ0n) is 16.2. The fraction of sp³-hybridized carbons (Fsp3) is 0.364. The van der Waals surface area contributed by atoms with Crippen LogP contribution in [0.4, 0.5) is 11.4 Å². The normalized spacial score (nSPS) is 11.6. The van der Waals surface area contributed by atoms with Gasteiger partial charge in [-0.2, -0.15) is 5.26 Å². The molecular weight excluding hydrogens is 352 g/mol. The Balaban J connectivity index is 1.70. The third kappa shape index (κ3) is 6.00. The third-order valence-electron chi connectivity index (χ3n) is 4.72. The zero-order valence-corrected chi connectivity index (χ0v) is 16.2. The van der Waals surface area contributed by atoms with Gasteiger partial charge in [0.05, 0.1) is 22.9 Å². The van der Waals surface area contributed by atoms with Crippen molar-refractivity contribution in [1.29, 1.82) is 5.26 Å². The van der Waals surface area contributed by atoms with E-state index in [0.717, 1.165) is 49.3 Å². The van der Waals surface area contributed by atoms with Gasteiger partial charge in [0.25, 0.3) is 0 Å². The number of nitrogens with two attached hydrogens (primary N) is 1. The van der Waals surface area contributed by atoms with Crippen LogP contribution in [0.3, 0.4) is 0 Å². The molecule has 0 bridgehead atoms. The van der Waals surface area contributed by atoms with Crippen LogP contribution in [0.25, 0.3) is 0 Å². The van der Waals surface area contributed by atoms with E-state index in [4.69, 9.17) is 11.0 Å². The molecule has 0 amide bonds. The number of hydrogen-bond donors (Lipinski definition) is 4. The van der Waals surface area contributed by atoms with Crippen LogP contribution in [0.2, 0.25) is 0 Å². The summed E-state index contributed by atoms with van der Waals surface area (Å²) < 4.78 is 0. The number of aliphatic carboxylic acids is 1. The van der Waals surface area contributed by atoms with E-state index in [2.05, 4.69) is 16.7 Å². The van der Waals surface area contributed by atoms with Crippen molar-refractivity contribution in [3.05, 3.63) is 59.2 Å². The lowest BCUT2D eigenvalue weighted by molar-refractivity contribution is -0.138. The van der Waals surface area contributed by atoms with Crippen LogP contribution in [0.5, 0.6) is 0 Å². The summed E-state index contributed by atoms with van der Waals surface area (Å²) in [7, 11) is 0. The van der Waals surface area contributed by atoms with Gasteiger partial charge in [0, 0.05) is 6.54 Å². The summed E-state index contributed by atoms with van der Waals surface area (Å²) in [6.07, 6.45) is 2.37. The number of anilines is 2. The molecule has 0 radical (unpaired) electrons. The number of nitrogen functional groups attached to an aromatic ring is 1. The molecular formula is C22H28N4O2. The second-order valence-corrected chi connectivity index (χ2v) is 6.70. The molecule has 2 aromatic rings. The number of carboxylic acid groups (broad SMARTS) is 1. The molecule has 6 nitrogen and oxygen atoms in total. The second kappa shape index (κ2) is 11.0. The number of para-hydroxylation sites is 1. The molecule has 1 atom stereocenters. The van der Waals surface area contributed by atoms with Crippen LogP contribution in [0.1, 0.15) is 42.4 Å². The molecule has 0 saturated carbocycles. The Hall–Kier alpha value is -3.04. The van der Waals surface area contributed by atoms with Gasteiger partial charge < -0.3 is 21.5 Å². The van der Waals surface area contributed by atoms with Crippen LogP contribution in [-0.4, -0.2) is 30.7 Å². The Morgan fingerprint density at radius 1 is 1.21 bits per heavy atom. The van der Waals surface area contributed by atoms with Gasteiger partial charge in [-0.3, -0.25) is 4.79 Å². The van der Waals surface area contributed by atoms with Crippen LogP contribution in [-0.2, 0) is 11.2 Å². The second-order valence-electron chi connectivity index (χ2n) is 6.70. The lowest BCUT2D eigenvalue weighted by Crippen LogP contribution is -2.21. The lowest BCUT2D eigenvalue weighted by Gasteiger charge is -2.12. The summed E-state index contributed by atoms with van der Waals surface area (Å²) >= 11 is 0. The fourth-order valence-corrected chi connectivity index (χ4v) is 3.13. The molecule has 28 heavy (non-hydrogen) atoms. The number of carboxylic acids is 1. The molecule has 0 heterocycles. The summed E-state index contributed by atoms with van der Waals surface area (Å²) in [5.41, 5.74) is 9.72. The first-order chi connectivity index (χ1) is 13.6. The summed E-state index contributed by atoms with van der Waals surface area (Å²) in [5.74, 6) is -1.21. The number of hydrogen-bond acceptors (Lipinski definition) is 5. The molecule has 0 aliphatic heterocycles. The van der Waals surface area contributed by atoms with E-state index >= 15 is 0 Å². The van der Waals surface area contributed by atoms with Gasteiger partial charge in [-0.05, 0) is 55.6 Å². The van der Waals surface area contributed by atoms with Gasteiger partial charge in [-0.15, -0.1) is 0 Å². The minimum Gasteiger partial charge on any atom is -0.481 e. The quantitative estimate of drug-likeness (QED) is 0.351. The molecule has 5 N–H and O–H groups in total. The van der Waals surface area contributed by atoms with Crippen molar-refractivity contribution in [3.63, 3.8) is 0 Å². The predicted molar refractivity (Wildman–Crippen MR) is 112 cm³/mol. The number of benzene rings is 2. The standard InChI is InChI=1S/C22H28N4O2/c1-2-19(22(27)28)17-7-3-6-16(14-17)10-13-25-11-5-12-26-20-9-4-8-18(15-23)21(20)24/h3-4,6-9,14,19,25-26H,2,5,10-13,24H2,1H3,(H,27,28). The van der Waals surface area contributed by atoms with Crippen LogP contribution in [0.15, 0.2) is 42.5 Å². The van der Waals surface area contributed by atoms with Gasteiger partial charge >= 0.3 is 5.97 Å². The number of rotatable bonds is 11. The van der Waals surface area contributed by atoms with E-state index in [9.17, 15) is 9.90 Å². The summed E-state index contributed by atoms with van der Waals surface area (Å²) in [6.45, 7) is 4.35. The Bertz CT molecular complexity index is 830. The monoisotopic (exact) mass is 380 g/mol. The predicted octanol–water partition coefficient (Wildman–Crippen LogP) is 3.35. The lowest BCUT2D eigenvalue weighted by atomic mass is 9.94. The SMILES string of the molecule is CCC(C(=O)O)c1cccc(CCNCCCNc2cccc(C#N)c2N)c1. The number of nitrogens with zero attached hydrogens (tertiary/aromatic N) is 1. The van der Waals surface area contributed by atoms with E-state index in [1.54, 1.807) is 6.07 Å². The van der Waals surface area contributed by atoms with Crippen LogP contribution in [0, 0.1) is 11.3 Å². The van der Waals surface area contributed by atoms with Crippen molar-refractivity contribution in [1.82, 2.24) is 5.32 Å². The number of nitriles is 1. The average Bonchev–Trinajstić information content (AvgIpc) is 2.69. The summed E-state index contributed by atoms with van der Waals surface area (Å²) in [5, 5.41) is 25.0. The molecule has 0 spiro atoms. The van der Waals surface area contributed by atoms with Crippen molar-refractivity contribution in [2.24, 2.45) is 0 Å².